The summed E-state index contributed by atoms with van der Waals surface area (Å²) in [5.41, 5.74) is 3.85. The van der Waals surface area contributed by atoms with E-state index in [1.165, 1.54) is 12.3 Å². The van der Waals surface area contributed by atoms with E-state index < -0.39 is 11.8 Å². The van der Waals surface area contributed by atoms with Gasteiger partial charge in [-0.05, 0) is 35.9 Å². The van der Waals surface area contributed by atoms with Gasteiger partial charge in [0.05, 0.1) is 19.9 Å². The molecular weight excluding hydrogens is 362 g/mol. The second-order valence-electron chi connectivity index (χ2n) is 5.70. The van der Waals surface area contributed by atoms with E-state index >= 15 is 0 Å². The van der Waals surface area contributed by atoms with E-state index in [-0.39, 0.29) is 13.3 Å². The Labute approximate surface area is 161 Å². The highest BCUT2D eigenvalue weighted by Gasteiger charge is 2.12. The standard InChI is InChI=1S/C20H19N3O5/c1-26-16-5-3-2-4-15(16)7-9-19(24)21-12-20(25)23-22-11-14-6-8-17-18(10-14)28-13-27-17/h2-11H,12-13H2,1H3,(H,21,24)(H,23,25). The predicted octanol–water partition coefficient (Wildman–Crippen LogP) is 1.70. The van der Waals surface area contributed by atoms with Gasteiger partial charge in [-0.15, -0.1) is 0 Å². The van der Waals surface area contributed by atoms with E-state index in [0.29, 0.717) is 17.2 Å². The van der Waals surface area contributed by atoms with E-state index in [4.69, 9.17) is 14.2 Å². The molecule has 0 spiro atoms. The van der Waals surface area contributed by atoms with Crippen LogP contribution in [-0.4, -0.2) is 38.5 Å². The summed E-state index contributed by atoms with van der Waals surface area (Å²) in [7, 11) is 1.56. The fourth-order valence-electron chi connectivity index (χ4n) is 2.41. The second kappa shape index (κ2) is 9.22. The van der Waals surface area contributed by atoms with Gasteiger partial charge >= 0.3 is 0 Å². The smallest absolute Gasteiger partial charge is 0.259 e. The number of carbonyl (C=O) groups is 2. The minimum Gasteiger partial charge on any atom is -0.496 e. The topological polar surface area (TPSA) is 98.2 Å². The highest BCUT2D eigenvalue weighted by atomic mass is 16.7. The number of fused-ring (bicyclic) bond motifs is 1. The molecule has 0 aromatic heterocycles. The molecular formula is C20H19N3O5. The summed E-state index contributed by atoms with van der Waals surface area (Å²) in [5, 5.41) is 6.34. The summed E-state index contributed by atoms with van der Waals surface area (Å²) >= 11 is 0. The van der Waals surface area contributed by atoms with Crippen molar-refractivity contribution in [3.05, 3.63) is 59.7 Å². The maximum absolute atomic E-state index is 11.8. The quantitative estimate of drug-likeness (QED) is 0.432. The van der Waals surface area contributed by atoms with Crippen LogP contribution in [-0.2, 0) is 9.59 Å². The third-order valence-corrected chi connectivity index (χ3v) is 3.78. The number of nitrogens with zero attached hydrogens (tertiary/aromatic N) is 1. The van der Waals surface area contributed by atoms with Crippen molar-refractivity contribution in [1.29, 1.82) is 0 Å². The molecule has 0 atom stereocenters. The number of hydrazone groups is 1. The van der Waals surface area contributed by atoms with Crippen molar-refractivity contribution in [3.8, 4) is 17.2 Å². The molecule has 0 unspecified atom stereocenters. The number of methoxy groups -OCH3 is 1. The highest BCUT2D eigenvalue weighted by Crippen LogP contribution is 2.31. The van der Waals surface area contributed by atoms with Gasteiger partial charge in [0.25, 0.3) is 5.91 Å². The molecule has 3 rings (SSSR count). The van der Waals surface area contributed by atoms with E-state index in [0.717, 1.165) is 11.1 Å². The van der Waals surface area contributed by atoms with Crippen LogP contribution in [0.1, 0.15) is 11.1 Å². The first-order chi connectivity index (χ1) is 13.7. The van der Waals surface area contributed by atoms with Crippen LogP contribution < -0.4 is 25.0 Å². The summed E-state index contributed by atoms with van der Waals surface area (Å²) in [6.07, 6.45) is 4.42. The first-order valence-electron chi connectivity index (χ1n) is 8.46. The van der Waals surface area contributed by atoms with Crippen LogP contribution in [0.3, 0.4) is 0 Å². The molecule has 0 bridgehead atoms. The molecule has 2 aromatic carbocycles. The summed E-state index contributed by atoms with van der Waals surface area (Å²) in [6, 6.07) is 12.6. The third kappa shape index (κ3) is 5.10. The molecule has 1 aliphatic heterocycles. The molecule has 0 saturated heterocycles. The number of ether oxygens (including phenoxy) is 3. The van der Waals surface area contributed by atoms with Gasteiger partial charge in [-0.3, -0.25) is 9.59 Å². The van der Waals surface area contributed by atoms with Crippen molar-refractivity contribution >= 4 is 24.1 Å². The van der Waals surface area contributed by atoms with E-state index in [2.05, 4.69) is 15.8 Å². The van der Waals surface area contributed by atoms with Gasteiger partial charge in [0, 0.05) is 11.6 Å². The summed E-state index contributed by atoms with van der Waals surface area (Å²) in [4.78, 5) is 23.6. The van der Waals surface area contributed by atoms with Gasteiger partial charge in [0.2, 0.25) is 12.7 Å². The Kier molecular flexibility index (Phi) is 6.25. The van der Waals surface area contributed by atoms with Gasteiger partial charge in [-0.2, -0.15) is 5.10 Å². The number of hydrogen-bond acceptors (Lipinski definition) is 6. The Morgan fingerprint density at radius 2 is 2.00 bits per heavy atom. The predicted molar refractivity (Wildman–Crippen MR) is 103 cm³/mol. The van der Waals surface area contributed by atoms with Crippen molar-refractivity contribution in [2.24, 2.45) is 5.10 Å². The number of benzene rings is 2. The summed E-state index contributed by atoms with van der Waals surface area (Å²) in [5.74, 6) is 1.11. The van der Waals surface area contributed by atoms with E-state index in [1.807, 2.05) is 18.2 Å². The van der Waals surface area contributed by atoms with E-state index in [1.54, 1.807) is 37.5 Å². The molecule has 1 aliphatic rings. The average molecular weight is 381 g/mol. The molecule has 0 aliphatic carbocycles. The van der Waals surface area contributed by atoms with Crippen LogP contribution >= 0.6 is 0 Å². The first kappa shape index (κ1) is 19.0. The van der Waals surface area contributed by atoms with Crippen molar-refractivity contribution in [2.45, 2.75) is 0 Å². The third-order valence-electron chi connectivity index (χ3n) is 3.78. The van der Waals surface area contributed by atoms with Crippen LogP contribution in [0.2, 0.25) is 0 Å². The average Bonchev–Trinajstić information content (AvgIpc) is 3.19. The SMILES string of the molecule is COc1ccccc1C=CC(=O)NCC(=O)NN=Cc1ccc2c(c1)OCO2. The largest absolute Gasteiger partial charge is 0.496 e. The second-order valence-corrected chi connectivity index (χ2v) is 5.70. The fraction of sp³-hybridized carbons (Fsp3) is 0.150. The molecule has 2 amide bonds. The zero-order chi connectivity index (χ0) is 19.8. The maximum atomic E-state index is 11.8. The van der Waals surface area contributed by atoms with Gasteiger partial charge in [-0.25, -0.2) is 5.43 Å². The Bertz CT molecular complexity index is 924. The number of para-hydroxylation sites is 1. The number of nitrogens with one attached hydrogen (secondary N) is 2. The molecule has 0 saturated carbocycles. The van der Waals surface area contributed by atoms with Gasteiger partial charge in [0.15, 0.2) is 11.5 Å². The van der Waals surface area contributed by atoms with Gasteiger partial charge in [-0.1, -0.05) is 18.2 Å². The van der Waals surface area contributed by atoms with Gasteiger partial charge < -0.3 is 19.5 Å². The van der Waals surface area contributed by atoms with Crippen molar-refractivity contribution < 1.29 is 23.8 Å². The highest BCUT2D eigenvalue weighted by molar-refractivity contribution is 5.94. The number of amides is 2. The molecule has 144 valence electrons. The normalized spacial score (nSPS) is 12.3. The summed E-state index contributed by atoms with van der Waals surface area (Å²) in [6.45, 7) is -0.00849. The van der Waals surface area contributed by atoms with Crippen LogP contribution in [0.5, 0.6) is 17.2 Å². The lowest BCUT2D eigenvalue weighted by atomic mass is 10.2. The fourth-order valence-corrected chi connectivity index (χ4v) is 2.41. The van der Waals surface area contributed by atoms with Crippen molar-refractivity contribution in [1.82, 2.24) is 10.7 Å². The number of rotatable bonds is 7. The Balaban J connectivity index is 1.43. The van der Waals surface area contributed by atoms with Crippen LogP contribution in [0.15, 0.2) is 53.6 Å². The molecule has 0 radical (unpaired) electrons. The van der Waals surface area contributed by atoms with Crippen LogP contribution in [0, 0.1) is 0 Å². The molecule has 28 heavy (non-hydrogen) atoms. The molecule has 8 heteroatoms. The lowest BCUT2D eigenvalue weighted by molar-refractivity contribution is -0.123. The summed E-state index contributed by atoms with van der Waals surface area (Å²) < 4.78 is 15.7. The molecule has 2 N–H and O–H groups in total. The maximum Gasteiger partial charge on any atom is 0.259 e. The lowest BCUT2D eigenvalue weighted by Crippen LogP contribution is -2.34. The van der Waals surface area contributed by atoms with Crippen molar-refractivity contribution in [3.63, 3.8) is 0 Å². The number of hydrogen-bond donors (Lipinski definition) is 2. The minimum absolute atomic E-state index is 0.192. The Morgan fingerprint density at radius 1 is 1.18 bits per heavy atom. The lowest BCUT2D eigenvalue weighted by Gasteiger charge is -2.04. The Hall–Kier alpha value is -3.81. The van der Waals surface area contributed by atoms with Crippen LogP contribution in [0.4, 0.5) is 0 Å². The monoisotopic (exact) mass is 381 g/mol. The Morgan fingerprint density at radius 3 is 2.86 bits per heavy atom. The van der Waals surface area contributed by atoms with Gasteiger partial charge in [0.1, 0.15) is 5.75 Å². The zero-order valence-electron chi connectivity index (χ0n) is 15.2. The number of carbonyl (C=O) groups excluding carboxylic acids is 2. The molecule has 8 nitrogen and oxygen atoms in total. The molecule has 2 aromatic rings. The van der Waals surface area contributed by atoms with Crippen molar-refractivity contribution in [2.75, 3.05) is 20.4 Å². The minimum atomic E-state index is -0.448. The van der Waals surface area contributed by atoms with E-state index in [9.17, 15) is 9.59 Å². The zero-order valence-corrected chi connectivity index (χ0v) is 15.2. The van der Waals surface area contributed by atoms with Crippen LogP contribution in [0.25, 0.3) is 6.08 Å². The molecule has 0 fully saturated rings. The molecule has 1 heterocycles. The first-order valence-corrected chi connectivity index (χ1v) is 8.46.